The van der Waals surface area contributed by atoms with Crippen molar-refractivity contribution in [2.24, 2.45) is 7.05 Å². The molecule has 6 heteroatoms. The molecular weight excluding hydrogens is 292 g/mol. The number of rotatable bonds is 5. The zero-order valence-electron chi connectivity index (χ0n) is 12.8. The Bertz CT molecular complexity index is 814. The predicted octanol–water partition coefficient (Wildman–Crippen LogP) is 1.82. The average molecular weight is 310 g/mol. The van der Waals surface area contributed by atoms with E-state index in [0.717, 1.165) is 11.1 Å². The van der Waals surface area contributed by atoms with Crippen molar-refractivity contribution < 1.29 is 9.90 Å². The highest BCUT2D eigenvalue weighted by Gasteiger charge is 2.11. The second-order valence-corrected chi connectivity index (χ2v) is 5.39. The number of aryl methyl sites for hydroxylation is 1. The van der Waals surface area contributed by atoms with Gasteiger partial charge in [-0.2, -0.15) is 0 Å². The van der Waals surface area contributed by atoms with Gasteiger partial charge in [0.1, 0.15) is 5.52 Å². The maximum atomic E-state index is 12.2. The van der Waals surface area contributed by atoms with Crippen LogP contribution in [0.5, 0.6) is 0 Å². The van der Waals surface area contributed by atoms with E-state index in [0.29, 0.717) is 24.0 Å². The average Bonchev–Trinajstić information content (AvgIpc) is 2.96. The summed E-state index contributed by atoms with van der Waals surface area (Å²) in [5.41, 5.74) is 2.94. The highest BCUT2D eigenvalue weighted by atomic mass is 16.3. The molecule has 0 aliphatic heterocycles. The fraction of sp³-hybridized carbons (Fsp3) is 0.235. The number of aliphatic hydroxyl groups excluding tert-OH is 1. The van der Waals surface area contributed by atoms with Crippen LogP contribution in [0.15, 0.2) is 48.5 Å². The normalized spacial score (nSPS) is 12.3. The molecule has 1 unspecified atom stereocenters. The number of nitrogens with zero attached hydrogens (tertiary/aromatic N) is 3. The van der Waals surface area contributed by atoms with Crippen molar-refractivity contribution in [2.45, 2.75) is 12.5 Å². The predicted molar refractivity (Wildman–Crippen MR) is 86.9 cm³/mol. The summed E-state index contributed by atoms with van der Waals surface area (Å²) in [6, 6.07) is 14.7. The second-order valence-electron chi connectivity index (χ2n) is 5.39. The Kier molecular flexibility index (Phi) is 4.34. The third-order valence-electron chi connectivity index (χ3n) is 3.76. The van der Waals surface area contributed by atoms with Crippen molar-refractivity contribution in [3.63, 3.8) is 0 Å². The Labute approximate surface area is 133 Å². The number of carbonyl (C=O) groups is 1. The van der Waals surface area contributed by atoms with E-state index < -0.39 is 6.10 Å². The molecule has 2 aromatic carbocycles. The van der Waals surface area contributed by atoms with Crippen molar-refractivity contribution in [3.8, 4) is 0 Å². The van der Waals surface area contributed by atoms with Crippen LogP contribution < -0.4 is 5.32 Å². The van der Waals surface area contributed by atoms with E-state index in [9.17, 15) is 9.90 Å². The van der Waals surface area contributed by atoms with Crippen LogP contribution in [0.25, 0.3) is 11.0 Å². The molecule has 0 bridgehead atoms. The van der Waals surface area contributed by atoms with Gasteiger partial charge in [0, 0.05) is 19.2 Å². The summed E-state index contributed by atoms with van der Waals surface area (Å²) in [7, 11) is 1.81. The van der Waals surface area contributed by atoms with E-state index in [1.54, 1.807) is 23.9 Å². The number of amides is 1. The molecule has 0 fully saturated rings. The van der Waals surface area contributed by atoms with Gasteiger partial charge in [-0.1, -0.05) is 35.5 Å². The largest absolute Gasteiger partial charge is 0.388 e. The summed E-state index contributed by atoms with van der Waals surface area (Å²) in [4.78, 5) is 12.2. The number of fused-ring (bicyclic) bond motifs is 1. The molecule has 1 amide bonds. The molecule has 23 heavy (non-hydrogen) atoms. The first-order chi connectivity index (χ1) is 11.1. The number of aromatic nitrogens is 3. The van der Waals surface area contributed by atoms with Crippen LogP contribution in [0.2, 0.25) is 0 Å². The highest BCUT2D eigenvalue weighted by Crippen LogP contribution is 2.15. The van der Waals surface area contributed by atoms with Crippen LogP contribution in [-0.4, -0.2) is 32.6 Å². The SMILES string of the molecule is Cn1nnc2cc(C(=O)NCCC(O)c3ccccc3)ccc21. The zero-order valence-corrected chi connectivity index (χ0v) is 12.8. The topological polar surface area (TPSA) is 80.0 Å². The smallest absolute Gasteiger partial charge is 0.251 e. The molecule has 0 aliphatic rings. The highest BCUT2D eigenvalue weighted by molar-refractivity contribution is 5.97. The second kappa shape index (κ2) is 6.58. The van der Waals surface area contributed by atoms with Crippen LogP contribution in [0.1, 0.15) is 28.4 Å². The molecule has 6 nitrogen and oxygen atoms in total. The summed E-state index contributed by atoms with van der Waals surface area (Å²) in [5.74, 6) is -0.183. The van der Waals surface area contributed by atoms with Gasteiger partial charge in [-0.25, -0.2) is 4.68 Å². The van der Waals surface area contributed by atoms with Crippen LogP contribution >= 0.6 is 0 Å². The van der Waals surface area contributed by atoms with Crippen LogP contribution in [0.3, 0.4) is 0 Å². The molecule has 0 saturated heterocycles. The number of hydrogen-bond acceptors (Lipinski definition) is 4. The van der Waals surface area contributed by atoms with E-state index in [2.05, 4.69) is 15.6 Å². The lowest BCUT2D eigenvalue weighted by Gasteiger charge is -2.11. The third kappa shape index (κ3) is 3.37. The summed E-state index contributed by atoms with van der Waals surface area (Å²) >= 11 is 0. The number of benzene rings is 2. The van der Waals surface area contributed by atoms with Gasteiger partial charge in [-0.3, -0.25) is 4.79 Å². The molecule has 1 aromatic heterocycles. The molecular formula is C17H18N4O2. The molecule has 0 saturated carbocycles. The van der Waals surface area contributed by atoms with Gasteiger partial charge in [0.25, 0.3) is 5.91 Å². The summed E-state index contributed by atoms with van der Waals surface area (Å²) in [6.45, 7) is 0.396. The molecule has 118 valence electrons. The van der Waals surface area contributed by atoms with Gasteiger partial charge in [0.15, 0.2) is 0 Å². The first kappa shape index (κ1) is 15.2. The molecule has 2 N–H and O–H groups in total. The molecule has 1 atom stereocenters. The lowest BCUT2D eigenvalue weighted by Crippen LogP contribution is -2.25. The standard InChI is InChI=1S/C17H18N4O2/c1-21-15-8-7-13(11-14(15)19-20-21)17(23)18-10-9-16(22)12-5-3-2-4-6-12/h2-8,11,16,22H,9-10H2,1H3,(H,18,23). The van der Waals surface area contributed by atoms with Gasteiger partial charge < -0.3 is 10.4 Å². The third-order valence-corrected chi connectivity index (χ3v) is 3.76. The van der Waals surface area contributed by atoms with Gasteiger partial charge in [-0.05, 0) is 30.2 Å². The van der Waals surface area contributed by atoms with Gasteiger partial charge in [0.2, 0.25) is 0 Å². The van der Waals surface area contributed by atoms with Gasteiger partial charge in [0.05, 0.1) is 11.6 Å². The number of carbonyl (C=O) groups excluding carboxylic acids is 1. The Balaban J connectivity index is 1.58. The summed E-state index contributed by atoms with van der Waals surface area (Å²) in [6.07, 6.45) is -0.123. The molecule has 3 aromatic rings. The Morgan fingerprint density at radius 3 is 2.83 bits per heavy atom. The lowest BCUT2D eigenvalue weighted by molar-refractivity contribution is 0.0942. The van der Waals surface area contributed by atoms with E-state index in [-0.39, 0.29) is 5.91 Å². The van der Waals surface area contributed by atoms with E-state index in [1.807, 2.05) is 36.4 Å². The molecule has 0 spiro atoms. The first-order valence-corrected chi connectivity index (χ1v) is 7.46. The minimum Gasteiger partial charge on any atom is -0.388 e. The van der Waals surface area contributed by atoms with Crippen molar-refractivity contribution in [2.75, 3.05) is 6.54 Å². The maximum Gasteiger partial charge on any atom is 0.251 e. The number of hydrogen-bond donors (Lipinski definition) is 2. The minimum atomic E-state index is -0.584. The van der Waals surface area contributed by atoms with E-state index in [1.165, 1.54) is 0 Å². The van der Waals surface area contributed by atoms with Crippen LogP contribution in [0.4, 0.5) is 0 Å². The Hall–Kier alpha value is -2.73. The quantitative estimate of drug-likeness (QED) is 0.753. The minimum absolute atomic E-state index is 0.183. The lowest BCUT2D eigenvalue weighted by atomic mass is 10.1. The van der Waals surface area contributed by atoms with E-state index in [4.69, 9.17) is 0 Å². The van der Waals surface area contributed by atoms with Crippen molar-refractivity contribution in [3.05, 3.63) is 59.7 Å². The molecule has 0 aliphatic carbocycles. The monoisotopic (exact) mass is 310 g/mol. The Morgan fingerprint density at radius 2 is 2.04 bits per heavy atom. The summed E-state index contributed by atoms with van der Waals surface area (Å²) in [5, 5.41) is 20.8. The van der Waals surface area contributed by atoms with Crippen molar-refractivity contribution >= 4 is 16.9 Å². The van der Waals surface area contributed by atoms with E-state index >= 15 is 0 Å². The molecule has 0 radical (unpaired) electrons. The fourth-order valence-corrected chi connectivity index (χ4v) is 2.45. The zero-order chi connectivity index (χ0) is 16.2. The van der Waals surface area contributed by atoms with Crippen LogP contribution in [0, 0.1) is 0 Å². The van der Waals surface area contributed by atoms with Crippen molar-refractivity contribution in [1.29, 1.82) is 0 Å². The summed E-state index contributed by atoms with van der Waals surface area (Å²) < 4.78 is 1.66. The maximum absolute atomic E-state index is 12.2. The van der Waals surface area contributed by atoms with Gasteiger partial charge in [-0.15, -0.1) is 5.10 Å². The molecule has 3 rings (SSSR count). The number of aliphatic hydroxyl groups is 1. The number of nitrogens with one attached hydrogen (secondary N) is 1. The Morgan fingerprint density at radius 1 is 1.26 bits per heavy atom. The van der Waals surface area contributed by atoms with Gasteiger partial charge >= 0.3 is 0 Å². The van der Waals surface area contributed by atoms with Crippen LogP contribution in [-0.2, 0) is 7.05 Å². The fourth-order valence-electron chi connectivity index (χ4n) is 2.45. The van der Waals surface area contributed by atoms with Crippen molar-refractivity contribution in [1.82, 2.24) is 20.3 Å². The molecule has 1 heterocycles. The first-order valence-electron chi connectivity index (χ1n) is 7.46.